The van der Waals surface area contributed by atoms with Crippen molar-refractivity contribution < 1.29 is 14.3 Å². The van der Waals surface area contributed by atoms with E-state index in [9.17, 15) is 9.18 Å². The van der Waals surface area contributed by atoms with Crippen molar-refractivity contribution in [2.75, 3.05) is 18.0 Å². The van der Waals surface area contributed by atoms with Gasteiger partial charge in [0.1, 0.15) is 5.82 Å². The van der Waals surface area contributed by atoms with Crippen LogP contribution >= 0.6 is 0 Å². The lowest BCUT2D eigenvalue weighted by Crippen LogP contribution is -2.38. The first-order valence-corrected chi connectivity index (χ1v) is 8.34. The van der Waals surface area contributed by atoms with Crippen LogP contribution in [0.3, 0.4) is 0 Å². The summed E-state index contributed by atoms with van der Waals surface area (Å²) in [6.45, 7) is 4.07. The van der Waals surface area contributed by atoms with Gasteiger partial charge in [-0.15, -0.1) is 0 Å². The van der Waals surface area contributed by atoms with Gasteiger partial charge in [0.05, 0.1) is 6.42 Å². The molecule has 1 N–H and O–H groups in total. The Morgan fingerprint density at radius 1 is 1.25 bits per heavy atom. The summed E-state index contributed by atoms with van der Waals surface area (Å²) in [4.78, 5) is 13.2. The van der Waals surface area contributed by atoms with E-state index in [1.54, 1.807) is 0 Å². The molecule has 0 radical (unpaired) electrons. The van der Waals surface area contributed by atoms with Crippen LogP contribution in [-0.2, 0) is 11.2 Å². The van der Waals surface area contributed by atoms with Crippen LogP contribution < -0.4 is 4.90 Å². The van der Waals surface area contributed by atoms with Gasteiger partial charge in [-0.2, -0.15) is 0 Å². The van der Waals surface area contributed by atoms with Gasteiger partial charge in [-0.25, -0.2) is 4.39 Å². The number of hydrogen-bond donors (Lipinski definition) is 1. The molecule has 0 amide bonds. The number of aliphatic carboxylic acids is 1. The topological polar surface area (TPSA) is 40.5 Å². The number of carboxylic acid groups (broad SMARTS) is 1. The van der Waals surface area contributed by atoms with Crippen LogP contribution in [-0.4, -0.2) is 24.2 Å². The summed E-state index contributed by atoms with van der Waals surface area (Å²) in [7, 11) is 0. The van der Waals surface area contributed by atoms with E-state index in [4.69, 9.17) is 5.11 Å². The Labute approximate surface area is 141 Å². The molecule has 2 aromatic carbocycles. The zero-order chi connectivity index (χ0) is 17.1. The smallest absolute Gasteiger partial charge is 0.307 e. The maximum atomic E-state index is 13.1. The number of hydrogen-bond acceptors (Lipinski definition) is 2. The minimum Gasteiger partial charge on any atom is -0.481 e. The molecule has 126 valence electrons. The van der Waals surface area contributed by atoms with E-state index in [1.807, 2.05) is 30.3 Å². The number of benzene rings is 2. The van der Waals surface area contributed by atoms with Gasteiger partial charge in [-0.1, -0.05) is 31.2 Å². The van der Waals surface area contributed by atoms with E-state index in [-0.39, 0.29) is 12.2 Å². The Bertz CT molecular complexity index is 714. The molecule has 0 bridgehead atoms. The van der Waals surface area contributed by atoms with Crippen LogP contribution in [0, 0.1) is 11.7 Å². The zero-order valence-electron chi connectivity index (χ0n) is 13.8. The van der Waals surface area contributed by atoms with E-state index < -0.39 is 5.97 Å². The van der Waals surface area contributed by atoms with E-state index in [1.165, 1.54) is 17.7 Å². The Kier molecular flexibility index (Phi) is 4.84. The summed E-state index contributed by atoms with van der Waals surface area (Å²) in [6.07, 6.45) is 1.11. The Balaban J connectivity index is 1.81. The van der Waals surface area contributed by atoms with Gasteiger partial charge >= 0.3 is 5.97 Å². The number of carbonyl (C=O) groups is 1. The molecule has 3 nitrogen and oxygen atoms in total. The molecule has 0 aromatic heterocycles. The van der Waals surface area contributed by atoms with Crippen molar-refractivity contribution in [3.8, 4) is 0 Å². The molecule has 0 aliphatic carbocycles. The highest BCUT2D eigenvalue weighted by Gasteiger charge is 2.27. The van der Waals surface area contributed by atoms with Crippen LogP contribution in [0.25, 0.3) is 0 Å². The van der Waals surface area contributed by atoms with Crippen molar-refractivity contribution in [2.45, 2.75) is 25.7 Å². The summed E-state index contributed by atoms with van der Waals surface area (Å²) < 4.78 is 13.1. The zero-order valence-corrected chi connectivity index (χ0v) is 13.8. The first-order chi connectivity index (χ1) is 11.5. The maximum Gasteiger partial charge on any atom is 0.307 e. The van der Waals surface area contributed by atoms with Crippen molar-refractivity contribution in [2.24, 2.45) is 5.92 Å². The first-order valence-electron chi connectivity index (χ1n) is 8.34. The van der Waals surface area contributed by atoms with E-state index in [2.05, 4.69) is 17.9 Å². The fraction of sp³-hybridized carbons (Fsp3) is 0.350. The molecule has 1 aliphatic rings. The van der Waals surface area contributed by atoms with Crippen LogP contribution in [0.2, 0.25) is 0 Å². The molecule has 0 saturated carbocycles. The minimum absolute atomic E-state index is 0.0522. The molecule has 2 atom stereocenters. The van der Waals surface area contributed by atoms with Crippen LogP contribution in [0.15, 0.2) is 48.5 Å². The SMILES string of the molecule is CC1CCN(c2ccc(F)cc2)CC1c1cccc(CC(=O)O)c1. The van der Waals surface area contributed by atoms with Gasteiger partial charge in [0.2, 0.25) is 0 Å². The second-order valence-electron chi connectivity index (χ2n) is 6.61. The molecule has 1 saturated heterocycles. The molecule has 1 heterocycles. The highest BCUT2D eigenvalue weighted by Crippen LogP contribution is 2.34. The van der Waals surface area contributed by atoms with Gasteiger partial charge in [0.25, 0.3) is 0 Å². The summed E-state index contributed by atoms with van der Waals surface area (Å²) >= 11 is 0. The number of piperidine rings is 1. The molecule has 0 spiro atoms. The lowest BCUT2D eigenvalue weighted by Gasteiger charge is -2.39. The quantitative estimate of drug-likeness (QED) is 0.920. The van der Waals surface area contributed by atoms with Crippen LogP contribution in [0.5, 0.6) is 0 Å². The minimum atomic E-state index is -0.809. The second-order valence-corrected chi connectivity index (χ2v) is 6.61. The van der Waals surface area contributed by atoms with Crippen molar-refractivity contribution in [1.82, 2.24) is 0 Å². The van der Waals surface area contributed by atoms with Gasteiger partial charge in [-0.05, 0) is 47.7 Å². The number of rotatable bonds is 4. The van der Waals surface area contributed by atoms with Gasteiger partial charge in [0, 0.05) is 24.7 Å². The molecule has 4 heteroatoms. The van der Waals surface area contributed by atoms with Crippen LogP contribution in [0.1, 0.15) is 30.4 Å². The van der Waals surface area contributed by atoms with Crippen molar-refractivity contribution >= 4 is 11.7 Å². The Morgan fingerprint density at radius 3 is 2.71 bits per heavy atom. The molecule has 24 heavy (non-hydrogen) atoms. The van der Waals surface area contributed by atoms with Crippen LogP contribution in [0.4, 0.5) is 10.1 Å². The third-order valence-electron chi connectivity index (χ3n) is 4.88. The molecular formula is C20H22FNO2. The van der Waals surface area contributed by atoms with Gasteiger partial charge in [0.15, 0.2) is 0 Å². The fourth-order valence-corrected chi connectivity index (χ4v) is 3.50. The normalized spacial score (nSPS) is 20.8. The third-order valence-corrected chi connectivity index (χ3v) is 4.88. The predicted octanol–water partition coefficient (Wildman–Crippen LogP) is 4.08. The lowest BCUT2D eigenvalue weighted by atomic mass is 9.81. The Hall–Kier alpha value is -2.36. The molecule has 2 aromatic rings. The number of nitrogens with zero attached hydrogens (tertiary/aromatic N) is 1. The average molecular weight is 327 g/mol. The summed E-state index contributed by atoms with van der Waals surface area (Å²) in [5.41, 5.74) is 3.06. The first kappa shape index (κ1) is 16.5. The number of halogens is 1. The molecule has 1 aliphatic heterocycles. The monoisotopic (exact) mass is 327 g/mol. The third kappa shape index (κ3) is 3.75. The Morgan fingerprint density at radius 2 is 2.00 bits per heavy atom. The fourth-order valence-electron chi connectivity index (χ4n) is 3.50. The maximum absolute atomic E-state index is 13.1. The van der Waals surface area contributed by atoms with Crippen molar-refractivity contribution in [3.63, 3.8) is 0 Å². The van der Waals surface area contributed by atoms with E-state index >= 15 is 0 Å². The van der Waals surface area contributed by atoms with Gasteiger partial charge < -0.3 is 10.0 Å². The largest absolute Gasteiger partial charge is 0.481 e. The second kappa shape index (κ2) is 7.04. The van der Waals surface area contributed by atoms with Crippen molar-refractivity contribution in [1.29, 1.82) is 0 Å². The van der Waals surface area contributed by atoms with Gasteiger partial charge in [-0.3, -0.25) is 4.79 Å². The van der Waals surface area contributed by atoms with E-state index in [0.29, 0.717) is 11.8 Å². The highest BCUT2D eigenvalue weighted by atomic mass is 19.1. The summed E-state index contributed by atoms with van der Waals surface area (Å²) in [6, 6.07) is 14.5. The highest BCUT2D eigenvalue weighted by molar-refractivity contribution is 5.70. The number of anilines is 1. The molecule has 1 fully saturated rings. The van der Waals surface area contributed by atoms with Crippen molar-refractivity contribution in [3.05, 3.63) is 65.5 Å². The lowest BCUT2D eigenvalue weighted by molar-refractivity contribution is -0.136. The predicted molar refractivity (Wildman–Crippen MR) is 92.9 cm³/mol. The van der Waals surface area contributed by atoms with E-state index in [0.717, 1.165) is 30.8 Å². The molecule has 3 rings (SSSR count). The molecule has 2 unspecified atom stereocenters. The standard InChI is InChI=1S/C20H22FNO2/c1-14-9-10-22(18-7-5-17(21)6-8-18)13-19(14)16-4-2-3-15(11-16)12-20(23)24/h2-8,11,14,19H,9-10,12-13H2,1H3,(H,23,24). The number of carboxylic acids is 1. The summed E-state index contributed by atoms with van der Waals surface area (Å²) in [5.74, 6) is -0.154. The molecular weight excluding hydrogens is 305 g/mol. The average Bonchev–Trinajstić information content (AvgIpc) is 2.56. The summed E-state index contributed by atoms with van der Waals surface area (Å²) in [5, 5.41) is 8.99.